The highest BCUT2D eigenvalue weighted by molar-refractivity contribution is 5.75. The van der Waals surface area contributed by atoms with Crippen LogP contribution in [-0.4, -0.2) is 30.4 Å². The minimum Gasteiger partial charge on any atom is -0.490 e. The van der Waals surface area contributed by atoms with Crippen molar-refractivity contribution in [2.45, 2.75) is 26.1 Å². The smallest absolute Gasteiger partial charge is 0.349 e. The molecule has 1 aliphatic rings. The van der Waals surface area contributed by atoms with Crippen molar-refractivity contribution in [3.05, 3.63) is 48.0 Å². The monoisotopic (exact) mass is 344 g/mol. The molecule has 0 spiro atoms. The normalized spacial score (nSPS) is 18.5. The van der Waals surface area contributed by atoms with E-state index in [9.17, 15) is 9.90 Å². The van der Waals surface area contributed by atoms with Gasteiger partial charge < -0.3 is 24.1 Å². The van der Waals surface area contributed by atoms with Crippen molar-refractivity contribution >= 4 is 5.97 Å². The number of ether oxygens (including phenoxy) is 4. The van der Waals surface area contributed by atoms with Crippen LogP contribution in [-0.2, 0) is 4.79 Å². The van der Waals surface area contributed by atoms with Gasteiger partial charge in [0.05, 0.1) is 13.2 Å². The number of benzene rings is 2. The van der Waals surface area contributed by atoms with Crippen LogP contribution in [0.2, 0.25) is 0 Å². The quantitative estimate of drug-likeness (QED) is 0.865. The molecule has 0 fully saturated rings. The third-order valence-electron chi connectivity index (χ3n) is 3.77. The maximum absolute atomic E-state index is 11.7. The summed E-state index contributed by atoms with van der Waals surface area (Å²) in [7, 11) is 0. The Labute approximate surface area is 145 Å². The zero-order chi connectivity index (χ0) is 17.8. The fourth-order valence-electron chi connectivity index (χ4n) is 2.71. The highest BCUT2D eigenvalue weighted by Crippen LogP contribution is 2.41. The predicted molar refractivity (Wildman–Crippen MR) is 90.6 cm³/mol. The summed E-state index contributed by atoms with van der Waals surface area (Å²) in [5.41, 5.74) is 0.647. The lowest BCUT2D eigenvalue weighted by molar-refractivity contribution is -0.151. The molecule has 2 unspecified atom stereocenters. The van der Waals surface area contributed by atoms with Crippen LogP contribution in [0.25, 0.3) is 0 Å². The number of para-hydroxylation sites is 2. The number of rotatable bonds is 6. The summed E-state index contributed by atoms with van der Waals surface area (Å²) in [5, 5.41) is 9.55. The van der Waals surface area contributed by atoms with Crippen LogP contribution in [0.5, 0.6) is 23.0 Å². The molecule has 132 valence electrons. The number of hydrogen-bond acceptors (Lipinski definition) is 5. The van der Waals surface area contributed by atoms with Crippen molar-refractivity contribution in [3.63, 3.8) is 0 Å². The molecule has 2 atom stereocenters. The largest absolute Gasteiger partial charge is 0.490 e. The van der Waals surface area contributed by atoms with Crippen LogP contribution in [0, 0.1) is 0 Å². The molecule has 3 rings (SSSR count). The highest BCUT2D eigenvalue weighted by atomic mass is 16.6. The molecule has 0 amide bonds. The first kappa shape index (κ1) is 17.0. The van der Waals surface area contributed by atoms with Crippen molar-refractivity contribution < 1.29 is 28.8 Å². The Bertz CT molecular complexity index is 757. The Hall–Kier alpha value is -2.89. The van der Waals surface area contributed by atoms with E-state index in [4.69, 9.17) is 18.9 Å². The van der Waals surface area contributed by atoms with Gasteiger partial charge in [-0.25, -0.2) is 4.79 Å². The SMILES string of the molecule is CCOc1ccc(C2Oc3ccccc3OC2C(=O)O)cc1OCC. The topological polar surface area (TPSA) is 74.2 Å². The average molecular weight is 344 g/mol. The van der Waals surface area contributed by atoms with E-state index in [1.54, 1.807) is 36.4 Å². The van der Waals surface area contributed by atoms with E-state index < -0.39 is 18.2 Å². The lowest BCUT2D eigenvalue weighted by atomic mass is 10.0. The van der Waals surface area contributed by atoms with Crippen LogP contribution in [0.4, 0.5) is 0 Å². The highest BCUT2D eigenvalue weighted by Gasteiger charge is 2.38. The Morgan fingerprint density at radius 2 is 1.64 bits per heavy atom. The molecular weight excluding hydrogens is 324 g/mol. The Balaban J connectivity index is 1.98. The number of carbonyl (C=O) groups is 1. The molecular formula is C19H20O6. The van der Waals surface area contributed by atoms with Gasteiger partial charge >= 0.3 is 5.97 Å². The summed E-state index contributed by atoms with van der Waals surface area (Å²) in [6, 6.07) is 12.3. The number of carboxylic acids is 1. The Kier molecular flexibility index (Phi) is 4.97. The van der Waals surface area contributed by atoms with Gasteiger partial charge in [-0.2, -0.15) is 0 Å². The maximum Gasteiger partial charge on any atom is 0.349 e. The molecule has 0 radical (unpaired) electrons. The van der Waals surface area contributed by atoms with Gasteiger partial charge in [-0.3, -0.25) is 0 Å². The fraction of sp³-hybridized carbons (Fsp3) is 0.316. The Morgan fingerprint density at radius 1 is 1.00 bits per heavy atom. The lowest BCUT2D eigenvalue weighted by Crippen LogP contribution is -2.39. The van der Waals surface area contributed by atoms with Crippen LogP contribution in [0.15, 0.2) is 42.5 Å². The molecule has 0 saturated heterocycles. The summed E-state index contributed by atoms with van der Waals surface area (Å²) >= 11 is 0. The van der Waals surface area contributed by atoms with Gasteiger partial charge in [0, 0.05) is 5.56 Å². The van der Waals surface area contributed by atoms with Gasteiger partial charge in [-0.1, -0.05) is 18.2 Å². The summed E-state index contributed by atoms with van der Waals surface area (Å²) in [6.07, 6.45) is -1.94. The van der Waals surface area contributed by atoms with Crippen molar-refractivity contribution in [2.24, 2.45) is 0 Å². The molecule has 0 saturated carbocycles. The Morgan fingerprint density at radius 3 is 2.28 bits per heavy atom. The van der Waals surface area contributed by atoms with Gasteiger partial charge in [-0.15, -0.1) is 0 Å². The molecule has 2 aromatic rings. The number of carboxylic acid groups (broad SMARTS) is 1. The predicted octanol–water partition coefficient (Wildman–Crippen LogP) is 3.45. The lowest BCUT2D eigenvalue weighted by Gasteiger charge is -2.32. The first-order valence-corrected chi connectivity index (χ1v) is 8.18. The number of fused-ring (bicyclic) bond motifs is 1. The average Bonchev–Trinajstić information content (AvgIpc) is 2.62. The second kappa shape index (κ2) is 7.34. The van der Waals surface area contributed by atoms with Crippen molar-refractivity contribution in [3.8, 4) is 23.0 Å². The minimum absolute atomic E-state index is 0.419. The summed E-state index contributed by atoms with van der Waals surface area (Å²) in [6.45, 7) is 4.74. The molecule has 0 bridgehead atoms. The molecule has 0 aromatic heterocycles. The molecule has 1 heterocycles. The van der Waals surface area contributed by atoms with Crippen LogP contribution in [0.3, 0.4) is 0 Å². The molecule has 0 aliphatic carbocycles. The summed E-state index contributed by atoms with van der Waals surface area (Å²) < 4.78 is 22.7. The van der Waals surface area contributed by atoms with Gasteiger partial charge in [0.25, 0.3) is 0 Å². The fourth-order valence-corrected chi connectivity index (χ4v) is 2.71. The van der Waals surface area contributed by atoms with Crippen LogP contribution < -0.4 is 18.9 Å². The molecule has 2 aromatic carbocycles. The summed E-state index contributed by atoms with van der Waals surface area (Å²) in [5.74, 6) is 0.996. The standard InChI is InChI=1S/C19H20O6/c1-3-22-13-10-9-12(11-16(13)23-4-2)17-18(19(20)21)25-15-8-6-5-7-14(15)24-17/h5-11,17-18H,3-4H2,1-2H3,(H,20,21). The van der Waals surface area contributed by atoms with Crippen LogP contribution >= 0.6 is 0 Å². The minimum atomic E-state index is -1.15. The van der Waals surface area contributed by atoms with E-state index in [2.05, 4.69) is 0 Å². The van der Waals surface area contributed by atoms with Crippen molar-refractivity contribution in [1.29, 1.82) is 0 Å². The van der Waals surface area contributed by atoms with E-state index in [-0.39, 0.29) is 0 Å². The summed E-state index contributed by atoms with van der Waals surface area (Å²) in [4.78, 5) is 11.7. The van der Waals surface area contributed by atoms with E-state index in [0.29, 0.717) is 41.8 Å². The van der Waals surface area contributed by atoms with Gasteiger partial charge in [0.1, 0.15) is 0 Å². The molecule has 6 nitrogen and oxygen atoms in total. The third-order valence-corrected chi connectivity index (χ3v) is 3.77. The number of hydrogen-bond donors (Lipinski definition) is 1. The van der Waals surface area contributed by atoms with E-state index in [0.717, 1.165) is 0 Å². The van der Waals surface area contributed by atoms with Gasteiger partial charge in [0.15, 0.2) is 29.1 Å². The molecule has 6 heteroatoms. The van der Waals surface area contributed by atoms with Gasteiger partial charge in [0.2, 0.25) is 6.10 Å². The van der Waals surface area contributed by atoms with Crippen molar-refractivity contribution in [2.75, 3.05) is 13.2 Å². The first-order chi connectivity index (χ1) is 12.1. The number of aliphatic carboxylic acids is 1. The van der Waals surface area contributed by atoms with E-state index in [1.807, 2.05) is 19.9 Å². The third kappa shape index (κ3) is 3.47. The first-order valence-electron chi connectivity index (χ1n) is 8.18. The van der Waals surface area contributed by atoms with Crippen molar-refractivity contribution in [1.82, 2.24) is 0 Å². The van der Waals surface area contributed by atoms with E-state index in [1.165, 1.54) is 0 Å². The second-order valence-electron chi connectivity index (χ2n) is 5.43. The van der Waals surface area contributed by atoms with Gasteiger partial charge in [-0.05, 0) is 38.1 Å². The molecule has 1 N–H and O–H groups in total. The van der Waals surface area contributed by atoms with E-state index >= 15 is 0 Å². The zero-order valence-corrected chi connectivity index (χ0v) is 14.1. The zero-order valence-electron chi connectivity index (χ0n) is 14.1. The maximum atomic E-state index is 11.7. The second-order valence-corrected chi connectivity index (χ2v) is 5.43. The molecule has 1 aliphatic heterocycles. The van der Waals surface area contributed by atoms with Crippen LogP contribution in [0.1, 0.15) is 25.5 Å². The molecule has 25 heavy (non-hydrogen) atoms.